The quantitative estimate of drug-likeness (QED) is 0.798. The fraction of sp³-hybridized carbons (Fsp3) is 0.500. The summed E-state index contributed by atoms with van der Waals surface area (Å²) in [6.45, 7) is 3.03. The molecule has 1 aromatic rings. The van der Waals surface area contributed by atoms with Crippen molar-refractivity contribution in [3.05, 3.63) is 29.8 Å². The van der Waals surface area contributed by atoms with E-state index in [2.05, 4.69) is 4.90 Å². The van der Waals surface area contributed by atoms with Crippen molar-refractivity contribution in [1.29, 1.82) is 0 Å². The Bertz CT molecular complexity index is 284. The number of nitrogens with zero attached hydrogens (tertiary/aromatic N) is 1. The summed E-state index contributed by atoms with van der Waals surface area (Å²) in [4.78, 5) is 2.11. The third-order valence-electron chi connectivity index (χ3n) is 2.61. The Labute approximate surface area is 91.3 Å². The highest BCUT2D eigenvalue weighted by Gasteiger charge is 2.07. The lowest BCUT2D eigenvalue weighted by Gasteiger charge is -2.22. The molecule has 0 amide bonds. The molecular formula is C12H19NO2. The van der Waals surface area contributed by atoms with Gasteiger partial charge in [0.1, 0.15) is 5.75 Å². The van der Waals surface area contributed by atoms with E-state index in [-0.39, 0.29) is 12.6 Å². The average molecular weight is 209 g/mol. The molecule has 0 aliphatic rings. The summed E-state index contributed by atoms with van der Waals surface area (Å²) in [5.74, 6) is 0.872. The second-order valence-corrected chi connectivity index (χ2v) is 3.79. The number of rotatable bonds is 5. The molecule has 0 saturated carbocycles. The summed E-state index contributed by atoms with van der Waals surface area (Å²) < 4.78 is 5.09. The van der Waals surface area contributed by atoms with Crippen molar-refractivity contribution in [3.8, 4) is 5.75 Å². The Morgan fingerprint density at radius 3 is 2.40 bits per heavy atom. The minimum atomic E-state index is 0.187. The van der Waals surface area contributed by atoms with E-state index < -0.39 is 0 Å². The van der Waals surface area contributed by atoms with E-state index >= 15 is 0 Å². The first-order chi connectivity index (χ1) is 7.17. The van der Waals surface area contributed by atoms with Crippen LogP contribution in [0.3, 0.4) is 0 Å². The van der Waals surface area contributed by atoms with Gasteiger partial charge in [-0.05, 0) is 31.7 Å². The molecule has 0 saturated heterocycles. The van der Waals surface area contributed by atoms with Gasteiger partial charge >= 0.3 is 0 Å². The Kier molecular flexibility index (Phi) is 4.59. The molecule has 0 heterocycles. The lowest BCUT2D eigenvalue weighted by molar-refractivity contribution is 0.154. The highest BCUT2D eigenvalue weighted by Crippen LogP contribution is 2.13. The molecule has 0 aromatic heterocycles. The zero-order chi connectivity index (χ0) is 11.3. The van der Waals surface area contributed by atoms with Crippen molar-refractivity contribution < 1.29 is 9.84 Å². The average Bonchev–Trinajstić information content (AvgIpc) is 2.29. The van der Waals surface area contributed by atoms with Crippen LogP contribution in [0.15, 0.2) is 24.3 Å². The Morgan fingerprint density at radius 2 is 1.93 bits per heavy atom. The maximum atomic E-state index is 9.00. The van der Waals surface area contributed by atoms with Crippen LogP contribution in [0.5, 0.6) is 5.75 Å². The lowest BCUT2D eigenvalue weighted by atomic mass is 10.2. The van der Waals surface area contributed by atoms with Gasteiger partial charge in [0.2, 0.25) is 0 Å². The third kappa shape index (κ3) is 3.53. The predicted molar refractivity (Wildman–Crippen MR) is 61.0 cm³/mol. The number of ether oxygens (including phenoxy) is 1. The third-order valence-corrected chi connectivity index (χ3v) is 2.61. The van der Waals surface area contributed by atoms with Crippen molar-refractivity contribution in [1.82, 2.24) is 4.90 Å². The van der Waals surface area contributed by atoms with Crippen LogP contribution >= 0.6 is 0 Å². The number of methoxy groups -OCH3 is 1. The molecular weight excluding hydrogens is 190 g/mol. The number of benzene rings is 1. The summed E-state index contributed by atoms with van der Waals surface area (Å²) in [5.41, 5.74) is 1.22. The van der Waals surface area contributed by atoms with Crippen molar-refractivity contribution >= 4 is 0 Å². The van der Waals surface area contributed by atoms with Gasteiger partial charge in [-0.25, -0.2) is 0 Å². The maximum Gasteiger partial charge on any atom is 0.118 e. The maximum absolute atomic E-state index is 9.00. The number of hydrogen-bond acceptors (Lipinski definition) is 3. The molecule has 3 nitrogen and oxygen atoms in total. The molecule has 1 aromatic carbocycles. The second kappa shape index (κ2) is 5.73. The zero-order valence-electron chi connectivity index (χ0n) is 9.60. The van der Waals surface area contributed by atoms with Crippen LogP contribution in [0.2, 0.25) is 0 Å². The molecule has 0 radical (unpaired) electrons. The molecule has 0 fully saturated rings. The van der Waals surface area contributed by atoms with E-state index in [1.54, 1.807) is 7.11 Å². The van der Waals surface area contributed by atoms with Crippen LogP contribution in [0.1, 0.15) is 12.5 Å². The fourth-order valence-corrected chi connectivity index (χ4v) is 1.31. The number of aliphatic hydroxyl groups is 1. The van der Waals surface area contributed by atoms with Crippen LogP contribution in [0, 0.1) is 0 Å². The summed E-state index contributed by atoms with van der Waals surface area (Å²) in [7, 11) is 3.67. The summed E-state index contributed by atoms with van der Waals surface area (Å²) in [6, 6.07) is 8.17. The van der Waals surface area contributed by atoms with Gasteiger partial charge in [0.25, 0.3) is 0 Å². The largest absolute Gasteiger partial charge is 0.497 e. The standard InChI is InChI=1S/C12H19NO2/c1-10(9-14)13(2)8-11-4-6-12(15-3)7-5-11/h4-7,10,14H,8-9H2,1-3H3. The van der Waals surface area contributed by atoms with Gasteiger partial charge in [-0.15, -0.1) is 0 Å². The van der Waals surface area contributed by atoms with Crippen LogP contribution in [-0.4, -0.2) is 36.8 Å². The molecule has 0 aliphatic carbocycles. The van der Waals surface area contributed by atoms with E-state index in [0.717, 1.165) is 12.3 Å². The molecule has 1 rings (SSSR count). The van der Waals surface area contributed by atoms with E-state index in [0.29, 0.717) is 0 Å². The summed E-state index contributed by atoms with van der Waals surface area (Å²) >= 11 is 0. The molecule has 84 valence electrons. The van der Waals surface area contributed by atoms with Gasteiger partial charge in [-0.2, -0.15) is 0 Å². The number of likely N-dealkylation sites (N-methyl/N-ethyl adjacent to an activating group) is 1. The van der Waals surface area contributed by atoms with Crippen molar-refractivity contribution in [3.63, 3.8) is 0 Å². The molecule has 0 aliphatic heterocycles. The first-order valence-corrected chi connectivity index (χ1v) is 5.11. The van der Waals surface area contributed by atoms with Gasteiger partial charge in [-0.1, -0.05) is 12.1 Å². The molecule has 1 unspecified atom stereocenters. The van der Waals surface area contributed by atoms with Crippen LogP contribution < -0.4 is 4.74 Å². The van der Waals surface area contributed by atoms with Crippen molar-refractivity contribution in [2.45, 2.75) is 19.5 Å². The Hall–Kier alpha value is -1.06. The van der Waals surface area contributed by atoms with E-state index in [1.165, 1.54) is 5.56 Å². The first kappa shape index (κ1) is 12.0. The fourth-order valence-electron chi connectivity index (χ4n) is 1.31. The molecule has 0 bridgehead atoms. The van der Waals surface area contributed by atoms with Gasteiger partial charge in [0.15, 0.2) is 0 Å². The van der Waals surface area contributed by atoms with E-state index in [4.69, 9.17) is 9.84 Å². The summed E-state index contributed by atoms with van der Waals surface area (Å²) in [6.07, 6.45) is 0. The molecule has 1 atom stereocenters. The monoisotopic (exact) mass is 209 g/mol. The van der Waals surface area contributed by atoms with Gasteiger partial charge < -0.3 is 9.84 Å². The zero-order valence-corrected chi connectivity index (χ0v) is 9.60. The normalized spacial score (nSPS) is 12.9. The van der Waals surface area contributed by atoms with Crippen molar-refractivity contribution in [2.24, 2.45) is 0 Å². The molecule has 1 N–H and O–H groups in total. The minimum Gasteiger partial charge on any atom is -0.497 e. The predicted octanol–water partition coefficient (Wildman–Crippen LogP) is 1.51. The second-order valence-electron chi connectivity index (χ2n) is 3.79. The van der Waals surface area contributed by atoms with E-state index in [9.17, 15) is 0 Å². The van der Waals surface area contributed by atoms with Gasteiger partial charge in [0, 0.05) is 12.6 Å². The number of hydrogen-bond donors (Lipinski definition) is 1. The van der Waals surface area contributed by atoms with Crippen LogP contribution in [0.4, 0.5) is 0 Å². The van der Waals surface area contributed by atoms with Crippen LogP contribution in [0.25, 0.3) is 0 Å². The first-order valence-electron chi connectivity index (χ1n) is 5.11. The highest BCUT2D eigenvalue weighted by molar-refractivity contribution is 5.27. The van der Waals surface area contributed by atoms with Crippen LogP contribution in [-0.2, 0) is 6.54 Å². The Morgan fingerprint density at radius 1 is 1.33 bits per heavy atom. The van der Waals surface area contributed by atoms with Gasteiger partial charge in [-0.3, -0.25) is 4.90 Å². The van der Waals surface area contributed by atoms with Gasteiger partial charge in [0.05, 0.1) is 13.7 Å². The SMILES string of the molecule is COc1ccc(CN(C)C(C)CO)cc1. The molecule has 0 spiro atoms. The minimum absolute atomic E-state index is 0.187. The Balaban J connectivity index is 2.57. The topological polar surface area (TPSA) is 32.7 Å². The highest BCUT2D eigenvalue weighted by atomic mass is 16.5. The lowest BCUT2D eigenvalue weighted by Crippen LogP contribution is -2.31. The smallest absolute Gasteiger partial charge is 0.118 e. The summed E-state index contributed by atoms with van der Waals surface area (Å²) in [5, 5.41) is 9.00. The molecule has 15 heavy (non-hydrogen) atoms. The number of aliphatic hydroxyl groups excluding tert-OH is 1. The van der Waals surface area contributed by atoms with E-state index in [1.807, 2.05) is 38.2 Å². The van der Waals surface area contributed by atoms with Crippen molar-refractivity contribution in [2.75, 3.05) is 20.8 Å². The molecule has 3 heteroatoms.